The monoisotopic (exact) mass is 408 g/mol. The number of nitrogens with one attached hydrogen (secondary N) is 1. The van der Waals surface area contributed by atoms with E-state index in [4.69, 9.17) is 9.47 Å². The third-order valence-corrected chi connectivity index (χ3v) is 6.56. The second-order valence-corrected chi connectivity index (χ2v) is 8.95. The predicted octanol–water partition coefficient (Wildman–Crippen LogP) is 2.52. The van der Waals surface area contributed by atoms with Gasteiger partial charge in [-0.15, -0.1) is 11.3 Å². The van der Waals surface area contributed by atoms with E-state index >= 15 is 0 Å². The normalized spacial score (nSPS) is 24.1. The van der Waals surface area contributed by atoms with E-state index in [9.17, 15) is 0 Å². The number of guanidine groups is 1. The van der Waals surface area contributed by atoms with Crippen molar-refractivity contribution in [3.05, 3.63) is 22.4 Å². The number of aliphatic imine (C=N–C) groups is 1. The zero-order chi connectivity index (χ0) is 19.6. The first-order valence-corrected chi connectivity index (χ1v) is 11.4. The maximum absolute atomic E-state index is 5.71. The predicted molar refractivity (Wildman–Crippen MR) is 116 cm³/mol. The summed E-state index contributed by atoms with van der Waals surface area (Å²) in [6.45, 7) is 8.77. The topological polar surface area (TPSA) is 49.3 Å². The molecule has 158 valence electrons. The smallest absolute Gasteiger partial charge is 0.193 e. The average molecular weight is 409 g/mol. The minimum absolute atomic E-state index is 0.589. The quantitative estimate of drug-likeness (QED) is 0.387. The van der Waals surface area contributed by atoms with E-state index < -0.39 is 0 Å². The Morgan fingerprint density at radius 2 is 2.18 bits per heavy atom. The van der Waals surface area contributed by atoms with Gasteiger partial charge in [-0.25, -0.2) is 0 Å². The molecule has 0 radical (unpaired) electrons. The van der Waals surface area contributed by atoms with Crippen LogP contribution in [0.1, 0.15) is 24.1 Å². The molecule has 1 N–H and O–H groups in total. The van der Waals surface area contributed by atoms with Crippen LogP contribution in [0.3, 0.4) is 0 Å². The van der Waals surface area contributed by atoms with Gasteiger partial charge in [0.2, 0.25) is 0 Å². The Kier molecular flexibility index (Phi) is 9.05. The maximum atomic E-state index is 5.71. The lowest BCUT2D eigenvalue weighted by Crippen LogP contribution is -2.45. The van der Waals surface area contributed by atoms with Crippen molar-refractivity contribution in [1.82, 2.24) is 15.1 Å². The molecule has 2 aliphatic rings. The number of nitrogens with zero attached hydrogens (tertiary/aromatic N) is 3. The van der Waals surface area contributed by atoms with Gasteiger partial charge >= 0.3 is 0 Å². The van der Waals surface area contributed by atoms with Crippen LogP contribution in [0.4, 0.5) is 0 Å². The van der Waals surface area contributed by atoms with Crippen molar-refractivity contribution in [2.45, 2.75) is 25.8 Å². The van der Waals surface area contributed by atoms with E-state index in [2.05, 4.69) is 37.6 Å². The first-order chi connectivity index (χ1) is 13.8. The lowest BCUT2D eigenvalue weighted by atomic mass is 9.98. The number of piperidine rings is 1. The van der Waals surface area contributed by atoms with Crippen LogP contribution in [0.15, 0.2) is 22.5 Å². The lowest BCUT2D eigenvalue weighted by molar-refractivity contribution is 0.0536. The van der Waals surface area contributed by atoms with Crippen molar-refractivity contribution in [2.24, 2.45) is 16.8 Å². The molecular weight excluding hydrogens is 372 g/mol. The van der Waals surface area contributed by atoms with Gasteiger partial charge in [-0.3, -0.25) is 9.89 Å². The van der Waals surface area contributed by atoms with Crippen LogP contribution in [-0.4, -0.2) is 82.5 Å². The number of likely N-dealkylation sites (tertiary alicyclic amines) is 2. The van der Waals surface area contributed by atoms with Crippen molar-refractivity contribution in [2.75, 3.05) is 66.7 Å². The number of thiophene rings is 1. The average Bonchev–Trinajstić information content (AvgIpc) is 3.39. The van der Waals surface area contributed by atoms with E-state index in [-0.39, 0.29) is 0 Å². The molecule has 7 heteroatoms. The van der Waals surface area contributed by atoms with Crippen LogP contribution in [0, 0.1) is 11.8 Å². The SMILES string of the molecule is CN=C(NCC1CCCN(Cc2cccs2)C1)N1CCC(COCCOC)C1. The Balaban J connectivity index is 1.38. The minimum Gasteiger partial charge on any atom is -0.382 e. The lowest BCUT2D eigenvalue weighted by Gasteiger charge is -2.33. The van der Waals surface area contributed by atoms with Crippen molar-refractivity contribution < 1.29 is 9.47 Å². The van der Waals surface area contributed by atoms with E-state index in [1.54, 1.807) is 7.11 Å². The molecule has 3 rings (SSSR count). The molecule has 0 bridgehead atoms. The molecule has 0 amide bonds. The van der Waals surface area contributed by atoms with Crippen LogP contribution in [0.2, 0.25) is 0 Å². The molecule has 1 aromatic heterocycles. The van der Waals surface area contributed by atoms with Crippen molar-refractivity contribution in [1.29, 1.82) is 0 Å². The summed E-state index contributed by atoms with van der Waals surface area (Å²) in [5, 5.41) is 5.82. The Morgan fingerprint density at radius 3 is 2.96 bits per heavy atom. The fraction of sp³-hybridized carbons (Fsp3) is 0.762. The van der Waals surface area contributed by atoms with Gasteiger partial charge in [0, 0.05) is 57.7 Å². The Bertz CT molecular complexity index is 581. The van der Waals surface area contributed by atoms with Gasteiger partial charge in [-0.1, -0.05) is 6.07 Å². The number of hydrogen-bond donors (Lipinski definition) is 1. The number of rotatable bonds is 9. The summed E-state index contributed by atoms with van der Waals surface area (Å²) in [6.07, 6.45) is 3.77. The van der Waals surface area contributed by atoms with Crippen LogP contribution in [0.25, 0.3) is 0 Å². The van der Waals surface area contributed by atoms with E-state index in [1.165, 1.54) is 37.2 Å². The summed E-state index contributed by atoms with van der Waals surface area (Å²) in [6, 6.07) is 4.40. The maximum Gasteiger partial charge on any atom is 0.193 e. The summed E-state index contributed by atoms with van der Waals surface area (Å²) in [5.74, 6) is 2.34. The Morgan fingerprint density at radius 1 is 1.25 bits per heavy atom. The molecule has 2 aliphatic heterocycles. The zero-order valence-corrected chi connectivity index (χ0v) is 18.3. The van der Waals surface area contributed by atoms with Gasteiger partial charge in [0.1, 0.15) is 0 Å². The second-order valence-electron chi connectivity index (χ2n) is 7.92. The molecular formula is C21H36N4O2S. The molecule has 2 saturated heterocycles. The summed E-state index contributed by atoms with van der Waals surface area (Å²) in [4.78, 5) is 11.0. The molecule has 0 aromatic carbocycles. The highest BCUT2D eigenvalue weighted by Crippen LogP contribution is 2.21. The van der Waals surface area contributed by atoms with Gasteiger partial charge in [-0.2, -0.15) is 0 Å². The highest BCUT2D eigenvalue weighted by molar-refractivity contribution is 7.09. The van der Waals surface area contributed by atoms with Gasteiger partial charge < -0.3 is 19.7 Å². The number of hydrogen-bond acceptors (Lipinski definition) is 5. The molecule has 2 atom stereocenters. The van der Waals surface area contributed by atoms with Crippen LogP contribution in [-0.2, 0) is 16.0 Å². The van der Waals surface area contributed by atoms with E-state index in [1.807, 2.05) is 18.4 Å². The highest BCUT2D eigenvalue weighted by Gasteiger charge is 2.26. The highest BCUT2D eigenvalue weighted by atomic mass is 32.1. The van der Waals surface area contributed by atoms with Gasteiger partial charge in [0.05, 0.1) is 19.8 Å². The van der Waals surface area contributed by atoms with E-state index in [0.717, 1.165) is 38.7 Å². The molecule has 0 aliphatic carbocycles. The molecule has 28 heavy (non-hydrogen) atoms. The number of ether oxygens (including phenoxy) is 2. The van der Waals surface area contributed by atoms with Crippen LogP contribution >= 0.6 is 11.3 Å². The fourth-order valence-electron chi connectivity index (χ4n) is 4.21. The zero-order valence-electron chi connectivity index (χ0n) is 17.4. The molecule has 6 nitrogen and oxygen atoms in total. The van der Waals surface area contributed by atoms with Crippen LogP contribution in [0.5, 0.6) is 0 Å². The molecule has 3 heterocycles. The van der Waals surface area contributed by atoms with Gasteiger partial charge in [0.15, 0.2) is 5.96 Å². The van der Waals surface area contributed by atoms with E-state index in [0.29, 0.717) is 25.0 Å². The summed E-state index contributed by atoms with van der Waals surface area (Å²) >= 11 is 1.86. The second kappa shape index (κ2) is 11.8. The third-order valence-electron chi connectivity index (χ3n) is 5.69. The van der Waals surface area contributed by atoms with Crippen LogP contribution < -0.4 is 5.32 Å². The summed E-state index contributed by atoms with van der Waals surface area (Å²) < 4.78 is 10.8. The van der Waals surface area contributed by atoms with Gasteiger partial charge in [-0.05, 0) is 43.2 Å². The van der Waals surface area contributed by atoms with Gasteiger partial charge in [0.25, 0.3) is 0 Å². The first-order valence-electron chi connectivity index (χ1n) is 10.6. The Labute approximate surface area is 173 Å². The summed E-state index contributed by atoms with van der Waals surface area (Å²) in [7, 11) is 3.61. The molecule has 0 saturated carbocycles. The molecule has 2 fully saturated rings. The molecule has 0 spiro atoms. The van der Waals surface area contributed by atoms with Crippen molar-refractivity contribution in [3.63, 3.8) is 0 Å². The molecule has 1 aromatic rings. The third kappa shape index (κ3) is 6.72. The molecule has 2 unspecified atom stereocenters. The minimum atomic E-state index is 0.589. The van der Waals surface area contributed by atoms with Crippen molar-refractivity contribution >= 4 is 17.3 Å². The fourth-order valence-corrected chi connectivity index (χ4v) is 4.95. The number of methoxy groups -OCH3 is 1. The standard InChI is InChI=1S/C21H36N4O2S/c1-22-21(25-9-7-19(15-25)17-27-11-10-26-2)23-13-18-5-3-8-24(14-18)16-20-6-4-12-28-20/h4,6,12,18-19H,3,5,7-11,13-17H2,1-2H3,(H,22,23). The summed E-state index contributed by atoms with van der Waals surface area (Å²) in [5.41, 5.74) is 0. The first kappa shape index (κ1) is 21.6. The largest absolute Gasteiger partial charge is 0.382 e. The Hall–Kier alpha value is -1.15. The van der Waals surface area contributed by atoms with Crippen molar-refractivity contribution in [3.8, 4) is 0 Å².